The summed E-state index contributed by atoms with van der Waals surface area (Å²) in [4.78, 5) is 12.5. The topological polar surface area (TPSA) is 58.7 Å². The van der Waals surface area contributed by atoms with E-state index in [1.807, 2.05) is 43.3 Å². The van der Waals surface area contributed by atoms with Crippen molar-refractivity contribution in [1.29, 1.82) is 5.26 Å². The van der Waals surface area contributed by atoms with Crippen LogP contribution in [0.15, 0.2) is 48.5 Å². The fourth-order valence-corrected chi connectivity index (χ4v) is 2.20. The van der Waals surface area contributed by atoms with E-state index >= 15 is 0 Å². The van der Waals surface area contributed by atoms with Crippen molar-refractivity contribution in [2.75, 3.05) is 0 Å². The van der Waals surface area contributed by atoms with Crippen molar-refractivity contribution in [2.45, 2.75) is 6.92 Å². The number of benzene rings is 2. The lowest BCUT2D eigenvalue weighted by atomic mass is 10.1. The Balaban J connectivity index is 2.20. The second-order valence-electron chi connectivity index (χ2n) is 4.56. The minimum absolute atomic E-state index is 0.230. The molecule has 0 aliphatic heterocycles. The molecule has 0 saturated carbocycles. The molecule has 0 unspecified atom stereocenters. The van der Waals surface area contributed by atoms with Crippen LogP contribution in [-0.4, -0.2) is 15.7 Å². The summed E-state index contributed by atoms with van der Waals surface area (Å²) in [5, 5.41) is 13.9. The Morgan fingerprint density at radius 2 is 2.00 bits per heavy atom. The van der Waals surface area contributed by atoms with Crippen LogP contribution < -0.4 is 0 Å². The molecule has 0 spiro atoms. The van der Waals surface area contributed by atoms with Gasteiger partial charge >= 0.3 is 0 Å². The van der Waals surface area contributed by atoms with Crippen LogP contribution in [0, 0.1) is 18.3 Å². The molecular weight excluding hydrogens is 250 g/mol. The summed E-state index contributed by atoms with van der Waals surface area (Å²) in [6, 6.07) is 16.6. The van der Waals surface area contributed by atoms with Gasteiger partial charge in [-0.05, 0) is 31.2 Å². The Hall–Kier alpha value is -2.93. The fraction of sp³-hybridized carbons (Fsp3) is 0.0625. The molecule has 0 amide bonds. The number of aryl methyl sites for hydroxylation is 1. The van der Waals surface area contributed by atoms with Crippen LogP contribution in [-0.2, 0) is 0 Å². The number of hydrogen-bond donors (Lipinski definition) is 0. The van der Waals surface area contributed by atoms with Gasteiger partial charge in [-0.25, -0.2) is 0 Å². The molecular formula is C16H11N3O. The maximum atomic E-state index is 12.5. The van der Waals surface area contributed by atoms with Crippen molar-refractivity contribution < 1.29 is 4.79 Å². The number of nitriles is 1. The average molecular weight is 261 g/mol. The number of para-hydroxylation sites is 1. The molecule has 0 fully saturated rings. The zero-order valence-corrected chi connectivity index (χ0v) is 10.9. The van der Waals surface area contributed by atoms with Gasteiger partial charge in [0.2, 0.25) is 0 Å². The van der Waals surface area contributed by atoms with E-state index < -0.39 is 0 Å². The molecule has 3 aromatic rings. The highest BCUT2D eigenvalue weighted by atomic mass is 16.2. The van der Waals surface area contributed by atoms with Gasteiger partial charge in [0, 0.05) is 10.9 Å². The molecule has 3 rings (SSSR count). The third-order valence-corrected chi connectivity index (χ3v) is 3.15. The van der Waals surface area contributed by atoms with Crippen molar-refractivity contribution in [3.63, 3.8) is 0 Å². The summed E-state index contributed by atoms with van der Waals surface area (Å²) in [5.41, 5.74) is 2.48. The number of carbonyl (C=O) groups excluding carboxylic acids is 1. The smallest absolute Gasteiger partial charge is 0.267 e. The summed E-state index contributed by atoms with van der Waals surface area (Å²) in [6.07, 6.45) is 0. The number of rotatable bonds is 1. The number of carbonyl (C=O) groups is 1. The lowest BCUT2D eigenvalue weighted by molar-refractivity contribution is 0.0950. The van der Waals surface area contributed by atoms with Gasteiger partial charge in [-0.2, -0.15) is 15.0 Å². The molecule has 0 radical (unpaired) electrons. The lowest BCUT2D eigenvalue weighted by Crippen LogP contribution is -2.13. The Morgan fingerprint density at radius 1 is 1.20 bits per heavy atom. The van der Waals surface area contributed by atoms with E-state index in [0.717, 1.165) is 5.56 Å². The van der Waals surface area contributed by atoms with Crippen molar-refractivity contribution in [3.8, 4) is 6.07 Å². The Kier molecular flexibility index (Phi) is 2.81. The van der Waals surface area contributed by atoms with E-state index in [4.69, 9.17) is 5.26 Å². The van der Waals surface area contributed by atoms with Gasteiger partial charge in [-0.1, -0.05) is 29.8 Å². The van der Waals surface area contributed by atoms with Crippen LogP contribution in [0.3, 0.4) is 0 Å². The average Bonchev–Trinajstić information content (AvgIpc) is 2.85. The molecule has 0 aliphatic rings. The molecule has 96 valence electrons. The van der Waals surface area contributed by atoms with Gasteiger partial charge in [-0.15, -0.1) is 0 Å². The maximum absolute atomic E-state index is 12.5. The van der Waals surface area contributed by atoms with E-state index in [9.17, 15) is 4.79 Å². The van der Waals surface area contributed by atoms with Crippen molar-refractivity contribution in [1.82, 2.24) is 9.78 Å². The molecule has 4 nitrogen and oxygen atoms in total. The number of hydrogen-bond acceptors (Lipinski definition) is 3. The van der Waals surface area contributed by atoms with Crippen molar-refractivity contribution >= 4 is 16.8 Å². The van der Waals surface area contributed by atoms with E-state index in [-0.39, 0.29) is 11.6 Å². The molecule has 0 saturated heterocycles. The molecule has 1 heterocycles. The third-order valence-electron chi connectivity index (χ3n) is 3.15. The van der Waals surface area contributed by atoms with E-state index in [2.05, 4.69) is 5.10 Å². The van der Waals surface area contributed by atoms with Crippen molar-refractivity contribution in [3.05, 3.63) is 65.4 Å². The summed E-state index contributed by atoms with van der Waals surface area (Å²) >= 11 is 0. The van der Waals surface area contributed by atoms with Gasteiger partial charge in [0.05, 0.1) is 5.52 Å². The SMILES string of the molecule is Cc1cccc(C(=O)n2nc(C#N)c3ccccc32)c1. The third kappa shape index (κ3) is 1.86. The van der Waals surface area contributed by atoms with Crippen LogP contribution in [0.1, 0.15) is 21.6 Å². The lowest BCUT2D eigenvalue weighted by Gasteiger charge is -2.03. The van der Waals surface area contributed by atoms with Gasteiger partial charge in [0.1, 0.15) is 6.07 Å². The molecule has 4 heteroatoms. The first kappa shape index (κ1) is 12.1. The van der Waals surface area contributed by atoms with Crippen LogP contribution >= 0.6 is 0 Å². The van der Waals surface area contributed by atoms with E-state index in [0.29, 0.717) is 16.5 Å². The minimum Gasteiger partial charge on any atom is -0.267 e. The van der Waals surface area contributed by atoms with Gasteiger partial charge < -0.3 is 0 Å². The first-order valence-corrected chi connectivity index (χ1v) is 6.20. The predicted molar refractivity (Wildman–Crippen MR) is 75.4 cm³/mol. The van der Waals surface area contributed by atoms with Crippen LogP contribution in [0.4, 0.5) is 0 Å². The van der Waals surface area contributed by atoms with Gasteiger partial charge in [0.25, 0.3) is 5.91 Å². The Morgan fingerprint density at radius 3 is 2.75 bits per heavy atom. The maximum Gasteiger partial charge on any atom is 0.278 e. The molecule has 2 aromatic carbocycles. The zero-order valence-electron chi connectivity index (χ0n) is 10.9. The fourth-order valence-electron chi connectivity index (χ4n) is 2.20. The van der Waals surface area contributed by atoms with Gasteiger partial charge in [0.15, 0.2) is 5.69 Å². The number of nitrogens with zero attached hydrogens (tertiary/aromatic N) is 3. The summed E-state index contributed by atoms with van der Waals surface area (Å²) in [7, 11) is 0. The molecule has 20 heavy (non-hydrogen) atoms. The normalized spacial score (nSPS) is 10.4. The molecule has 0 aliphatic carbocycles. The number of fused-ring (bicyclic) bond motifs is 1. The quantitative estimate of drug-likeness (QED) is 0.676. The summed E-state index contributed by atoms with van der Waals surface area (Å²) < 4.78 is 1.29. The summed E-state index contributed by atoms with van der Waals surface area (Å²) in [6.45, 7) is 1.93. The standard InChI is InChI=1S/C16H11N3O/c1-11-5-4-6-12(9-11)16(20)19-15-8-3-2-7-13(15)14(10-17)18-19/h2-9H,1H3. The van der Waals surface area contributed by atoms with Crippen molar-refractivity contribution in [2.24, 2.45) is 0 Å². The first-order chi connectivity index (χ1) is 9.70. The second kappa shape index (κ2) is 4.63. The largest absolute Gasteiger partial charge is 0.278 e. The highest BCUT2D eigenvalue weighted by Crippen LogP contribution is 2.19. The van der Waals surface area contributed by atoms with Crippen LogP contribution in [0.5, 0.6) is 0 Å². The van der Waals surface area contributed by atoms with E-state index in [1.54, 1.807) is 18.2 Å². The van der Waals surface area contributed by atoms with Crippen LogP contribution in [0.25, 0.3) is 10.9 Å². The van der Waals surface area contributed by atoms with Gasteiger partial charge in [-0.3, -0.25) is 4.79 Å². The Bertz CT molecular complexity index is 856. The Labute approximate surface area is 115 Å². The predicted octanol–water partition coefficient (Wildman–Crippen LogP) is 2.90. The first-order valence-electron chi connectivity index (χ1n) is 6.20. The highest BCUT2D eigenvalue weighted by Gasteiger charge is 2.16. The van der Waals surface area contributed by atoms with E-state index in [1.165, 1.54) is 4.68 Å². The summed E-state index contributed by atoms with van der Waals surface area (Å²) in [5.74, 6) is -0.230. The monoisotopic (exact) mass is 261 g/mol. The number of aromatic nitrogens is 2. The second-order valence-corrected chi connectivity index (χ2v) is 4.56. The molecule has 1 aromatic heterocycles. The minimum atomic E-state index is -0.230. The zero-order chi connectivity index (χ0) is 14.1. The highest BCUT2D eigenvalue weighted by molar-refractivity contribution is 6.02. The van der Waals surface area contributed by atoms with Crippen LogP contribution in [0.2, 0.25) is 0 Å². The molecule has 0 bridgehead atoms. The molecule has 0 atom stereocenters. The molecule has 0 N–H and O–H groups in total.